The molecule has 1 N–H and O–H groups in total. The van der Waals surface area contributed by atoms with Crippen LogP contribution in [0.2, 0.25) is 0 Å². The van der Waals surface area contributed by atoms with Crippen molar-refractivity contribution in [2.75, 3.05) is 0 Å². The molecule has 0 aliphatic rings. The van der Waals surface area contributed by atoms with Gasteiger partial charge in [-0.1, -0.05) is 22.0 Å². The number of aromatic nitrogens is 1. The molecule has 2 rings (SSSR count). The van der Waals surface area contributed by atoms with Crippen molar-refractivity contribution in [3.05, 3.63) is 34.4 Å². The highest BCUT2D eigenvalue weighted by Crippen LogP contribution is 2.27. The van der Waals surface area contributed by atoms with Gasteiger partial charge < -0.3 is 9.88 Å². The van der Waals surface area contributed by atoms with E-state index in [0.29, 0.717) is 6.04 Å². The van der Waals surface area contributed by atoms with Gasteiger partial charge in [0.05, 0.1) is 11.1 Å². The number of fused-ring (bicyclic) bond motifs is 1. The zero-order valence-electron chi connectivity index (χ0n) is 11.7. The van der Waals surface area contributed by atoms with Crippen LogP contribution in [-0.2, 0) is 0 Å². The molecule has 1 amide bonds. The predicted molar refractivity (Wildman–Crippen MR) is 82.6 cm³/mol. The Balaban J connectivity index is 2.59. The summed E-state index contributed by atoms with van der Waals surface area (Å²) in [5.41, 5.74) is 1.82. The lowest BCUT2D eigenvalue weighted by atomic mass is 10.1. The van der Waals surface area contributed by atoms with Crippen LogP contribution in [0.4, 0.5) is 0 Å². The molecule has 1 aromatic carbocycles. The van der Waals surface area contributed by atoms with E-state index in [1.54, 1.807) is 0 Å². The predicted octanol–water partition coefficient (Wildman–Crippen LogP) is 4.12. The Kier molecular flexibility index (Phi) is 3.99. The highest BCUT2D eigenvalue weighted by Gasteiger charge is 2.16. The SMILES string of the molecule is CC(C)NC(=O)c1cn(C(C)C)c2cc(Br)ccc12. The molecule has 0 atom stereocenters. The molecule has 0 unspecified atom stereocenters. The summed E-state index contributed by atoms with van der Waals surface area (Å²) in [6, 6.07) is 6.48. The summed E-state index contributed by atoms with van der Waals surface area (Å²) in [5, 5.41) is 3.95. The van der Waals surface area contributed by atoms with Crippen molar-refractivity contribution in [2.24, 2.45) is 0 Å². The smallest absolute Gasteiger partial charge is 0.253 e. The first-order chi connectivity index (χ1) is 8.90. The fourth-order valence-electron chi connectivity index (χ4n) is 2.17. The Morgan fingerprint density at radius 2 is 1.95 bits per heavy atom. The molecule has 3 nitrogen and oxygen atoms in total. The first-order valence-electron chi connectivity index (χ1n) is 6.51. The number of rotatable bonds is 3. The average Bonchev–Trinajstić information content (AvgIpc) is 2.66. The molecule has 102 valence electrons. The number of carbonyl (C=O) groups is 1. The van der Waals surface area contributed by atoms with Crippen molar-refractivity contribution in [3.8, 4) is 0 Å². The van der Waals surface area contributed by atoms with Gasteiger partial charge in [0.25, 0.3) is 5.91 Å². The van der Waals surface area contributed by atoms with Crippen LogP contribution in [0.5, 0.6) is 0 Å². The van der Waals surface area contributed by atoms with Gasteiger partial charge in [0.15, 0.2) is 0 Å². The number of carbonyl (C=O) groups excluding carboxylic acids is 1. The first-order valence-corrected chi connectivity index (χ1v) is 7.30. The zero-order valence-corrected chi connectivity index (χ0v) is 13.3. The third kappa shape index (κ3) is 2.84. The second-order valence-electron chi connectivity index (χ2n) is 5.33. The Bertz CT molecular complexity index is 614. The van der Waals surface area contributed by atoms with Gasteiger partial charge >= 0.3 is 0 Å². The topological polar surface area (TPSA) is 34.0 Å². The van der Waals surface area contributed by atoms with E-state index in [0.717, 1.165) is 20.9 Å². The highest BCUT2D eigenvalue weighted by molar-refractivity contribution is 9.10. The minimum atomic E-state index is -0.0123. The number of amides is 1. The molecular formula is C15H19BrN2O. The third-order valence-electron chi connectivity index (χ3n) is 3.02. The van der Waals surface area contributed by atoms with Gasteiger partial charge in [0.2, 0.25) is 0 Å². The van der Waals surface area contributed by atoms with Crippen LogP contribution in [0.25, 0.3) is 10.9 Å². The summed E-state index contributed by atoms with van der Waals surface area (Å²) in [4.78, 5) is 12.3. The maximum absolute atomic E-state index is 12.3. The average molecular weight is 323 g/mol. The summed E-state index contributed by atoms with van der Waals surface area (Å²) in [6.07, 6.45) is 1.94. The Morgan fingerprint density at radius 3 is 2.53 bits per heavy atom. The zero-order chi connectivity index (χ0) is 14.2. The van der Waals surface area contributed by atoms with Crippen molar-refractivity contribution in [3.63, 3.8) is 0 Å². The fourth-order valence-corrected chi connectivity index (χ4v) is 2.52. The lowest BCUT2D eigenvalue weighted by molar-refractivity contribution is 0.0944. The van der Waals surface area contributed by atoms with Crippen molar-refractivity contribution < 1.29 is 4.79 Å². The lowest BCUT2D eigenvalue weighted by Gasteiger charge is -2.09. The molecule has 2 aromatic rings. The second-order valence-corrected chi connectivity index (χ2v) is 6.25. The normalized spacial score (nSPS) is 11.5. The standard InChI is InChI=1S/C15H19BrN2O/c1-9(2)17-15(19)13-8-18(10(3)4)14-7-11(16)5-6-12(13)14/h5-10H,1-4H3,(H,17,19). The van der Waals surface area contributed by atoms with E-state index < -0.39 is 0 Å². The van der Waals surface area contributed by atoms with Gasteiger partial charge in [0, 0.05) is 28.1 Å². The summed E-state index contributed by atoms with van der Waals surface area (Å²) in [5.74, 6) is -0.0123. The summed E-state index contributed by atoms with van der Waals surface area (Å²) >= 11 is 3.49. The third-order valence-corrected chi connectivity index (χ3v) is 3.51. The molecule has 1 heterocycles. The maximum atomic E-state index is 12.3. The molecule has 1 aromatic heterocycles. The van der Waals surface area contributed by atoms with Gasteiger partial charge in [-0.2, -0.15) is 0 Å². The number of benzene rings is 1. The van der Waals surface area contributed by atoms with E-state index in [1.807, 2.05) is 32.2 Å². The monoisotopic (exact) mass is 322 g/mol. The molecule has 0 fully saturated rings. The lowest BCUT2D eigenvalue weighted by Crippen LogP contribution is -2.29. The molecule has 0 aliphatic carbocycles. The van der Waals surface area contributed by atoms with Crippen LogP contribution in [0, 0.1) is 0 Å². The van der Waals surface area contributed by atoms with Gasteiger partial charge in [-0.25, -0.2) is 0 Å². The number of nitrogens with one attached hydrogen (secondary N) is 1. The van der Waals surface area contributed by atoms with E-state index in [1.165, 1.54) is 0 Å². The van der Waals surface area contributed by atoms with Crippen LogP contribution in [-0.4, -0.2) is 16.5 Å². The molecule has 0 saturated heterocycles. The number of hydrogen-bond donors (Lipinski definition) is 1. The van der Waals surface area contributed by atoms with Gasteiger partial charge in [-0.3, -0.25) is 4.79 Å². The van der Waals surface area contributed by atoms with Crippen LogP contribution < -0.4 is 5.32 Å². The molecule has 0 bridgehead atoms. The largest absolute Gasteiger partial charge is 0.350 e. The minimum Gasteiger partial charge on any atom is -0.350 e. The fraction of sp³-hybridized carbons (Fsp3) is 0.400. The maximum Gasteiger partial charge on any atom is 0.253 e. The number of halogens is 1. The molecule has 0 radical (unpaired) electrons. The number of nitrogens with zero attached hydrogens (tertiary/aromatic N) is 1. The van der Waals surface area contributed by atoms with Crippen LogP contribution >= 0.6 is 15.9 Å². The van der Waals surface area contributed by atoms with Crippen LogP contribution in [0.15, 0.2) is 28.9 Å². The van der Waals surface area contributed by atoms with Crippen LogP contribution in [0.3, 0.4) is 0 Å². The van der Waals surface area contributed by atoms with Crippen LogP contribution in [0.1, 0.15) is 44.1 Å². The molecule has 0 spiro atoms. The molecule has 0 saturated carbocycles. The van der Waals surface area contributed by atoms with E-state index in [9.17, 15) is 4.79 Å². The van der Waals surface area contributed by atoms with Gasteiger partial charge in [0.1, 0.15) is 0 Å². The highest BCUT2D eigenvalue weighted by atomic mass is 79.9. The van der Waals surface area contributed by atoms with Crippen molar-refractivity contribution in [1.82, 2.24) is 9.88 Å². The quantitative estimate of drug-likeness (QED) is 0.906. The van der Waals surface area contributed by atoms with E-state index in [2.05, 4.69) is 45.7 Å². The van der Waals surface area contributed by atoms with Gasteiger partial charge in [-0.05, 0) is 39.8 Å². The van der Waals surface area contributed by atoms with Crippen molar-refractivity contribution >= 4 is 32.7 Å². The van der Waals surface area contributed by atoms with Crippen molar-refractivity contribution in [1.29, 1.82) is 0 Å². The molecule has 4 heteroatoms. The number of hydrogen-bond acceptors (Lipinski definition) is 1. The van der Waals surface area contributed by atoms with Crippen molar-refractivity contribution in [2.45, 2.75) is 39.8 Å². The Labute approximate surface area is 122 Å². The summed E-state index contributed by atoms with van der Waals surface area (Å²) < 4.78 is 3.16. The van der Waals surface area contributed by atoms with Gasteiger partial charge in [-0.15, -0.1) is 0 Å². The Morgan fingerprint density at radius 1 is 1.26 bits per heavy atom. The molecular weight excluding hydrogens is 304 g/mol. The van der Waals surface area contributed by atoms with E-state index >= 15 is 0 Å². The Hall–Kier alpha value is -1.29. The summed E-state index contributed by atoms with van der Waals surface area (Å²) in [6.45, 7) is 8.17. The molecule has 0 aliphatic heterocycles. The molecule has 19 heavy (non-hydrogen) atoms. The van der Waals surface area contributed by atoms with E-state index in [4.69, 9.17) is 0 Å². The minimum absolute atomic E-state index is 0.0123. The van der Waals surface area contributed by atoms with E-state index in [-0.39, 0.29) is 11.9 Å². The second kappa shape index (κ2) is 5.37. The summed E-state index contributed by atoms with van der Waals surface area (Å²) in [7, 11) is 0. The first kappa shape index (κ1) is 14.1.